The second-order valence-corrected chi connectivity index (χ2v) is 9.49. The van der Waals surface area contributed by atoms with Gasteiger partial charge in [-0.25, -0.2) is 13.2 Å². The average molecular weight is 435 g/mol. The van der Waals surface area contributed by atoms with E-state index in [-0.39, 0.29) is 10.9 Å². The molecule has 4 rings (SSSR count). The molecule has 2 aliphatic heterocycles. The fourth-order valence-electron chi connectivity index (χ4n) is 3.89. The van der Waals surface area contributed by atoms with Crippen LogP contribution in [-0.4, -0.2) is 58.5 Å². The molecular formula is C20H23ClN4O3S. The van der Waals surface area contributed by atoms with Crippen LogP contribution in [0.5, 0.6) is 0 Å². The Morgan fingerprint density at radius 1 is 1.03 bits per heavy atom. The minimum atomic E-state index is -3.58. The third kappa shape index (κ3) is 3.80. The summed E-state index contributed by atoms with van der Waals surface area (Å²) in [6, 6.07) is 12.4. The Bertz CT molecular complexity index is 1040. The first-order valence-corrected chi connectivity index (χ1v) is 11.3. The number of piperazine rings is 1. The van der Waals surface area contributed by atoms with Crippen molar-refractivity contribution in [1.82, 2.24) is 9.62 Å². The number of hydrogen-bond donors (Lipinski definition) is 1. The number of nitrogens with zero attached hydrogens (tertiary/aromatic N) is 3. The van der Waals surface area contributed by atoms with Crippen LogP contribution < -0.4 is 15.1 Å². The van der Waals surface area contributed by atoms with Gasteiger partial charge < -0.3 is 10.2 Å². The quantitative estimate of drug-likeness (QED) is 0.805. The number of rotatable bonds is 3. The van der Waals surface area contributed by atoms with E-state index in [1.54, 1.807) is 30.1 Å². The Labute approximate surface area is 175 Å². The monoisotopic (exact) mass is 434 g/mol. The third-order valence-corrected chi connectivity index (χ3v) is 7.59. The molecule has 29 heavy (non-hydrogen) atoms. The average Bonchev–Trinajstić information content (AvgIpc) is 3.16. The van der Waals surface area contributed by atoms with Crippen molar-refractivity contribution in [2.24, 2.45) is 0 Å². The number of amides is 2. The van der Waals surface area contributed by atoms with Crippen LogP contribution in [0.25, 0.3) is 0 Å². The number of carbonyl (C=O) groups is 1. The number of carbonyl (C=O) groups excluding carboxylic acids is 1. The summed E-state index contributed by atoms with van der Waals surface area (Å²) in [6.07, 6.45) is 0.647. The van der Waals surface area contributed by atoms with Crippen molar-refractivity contribution >= 4 is 39.0 Å². The molecule has 9 heteroatoms. The molecule has 0 radical (unpaired) electrons. The van der Waals surface area contributed by atoms with E-state index < -0.39 is 10.0 Å². The molecule has 2 heterocycles. The van der Waals surface area contributed by atoms with E-state index in [2.05, 4.69) is 10.2 Å². The maximum absolute atomic E-state index is 13.1. The molecule has 0 unspecified atom stereocenters. The van der Waals surface area contributed by atoms with Gasteiger partial charge in [0.05, 0.1) is 4.90 Å². The highest BCUT2D eigenvalue weighted by atomic mass is 35.5. The van der Waals surface area contributed by atoms with E-state index in [4.69, 9.17) is 11.6 Å². The Morgan fingerprint density at radius 2 is 1.79 bits per heavy atom. The van der Waals surface area contributed by atoms with Gasteiger partial charge in [-0.15, -0.1) is 0 Å². The topological polar surface area (TPSA) is 73.0 Å². The van der Waals surface area contributed by atoms with Gasteiger partial charge in [0.15, 0.2) is 0 Å². The summed E-state index contributed by atoms with van der Waals surface area (Å²) < 4.78 is 27.8. The lowest BCUT2D eigenvalue weighted by Gasteiger charge is -2.35. The van der Waals surface area contributed by atoms with Gasteiger partial charge in [0.2, 0.25) is 10.0 Å². The molecule has 2 aromatic rings. The Kier molecular flexibility index (Phi) is 5.42. The predicted molar refractivity (Wildman–Crippen MR) is 114 cm³/mol. The fourth-order valence-corrected chi connectivity index (χ4v) is 5.55. The Hall–Kier alpha value is -2.29. The van der Waals surface area contributed by atoms with Crippen LogP contribution in [0.3, 0.4) is 0 Å². The van der Waals surface area contributed by atoms with Crippen molar-refractivity contribution in [3.8, 4) is 0 Å². The van der Waals surface area contributed by atoms with Crippen molar-refractivity contribution in [3.05, 3.63) is 53.1 Å². The molecule has 154 valence electrons. The smallest absolute Gasteiger partial charge is 0.321 e. The van der Waals surface area contributed by atoms with Crippen LogP contribution in [0.15, 0.2) is 47.4 Å². The molecule has 0 aromatic heterocycles. The van der Waals surface area contributed by atoms with Crippen LogP contribution in [0.2, 0.25) is 5.02 Å². The van der Waals surface area contributed by atoms with Gasteiger partial charge in [0.1, 0.15) is 0 Å². The zero-order valence-corrected chi connectivity index (χ0v) is 17.7. The van der Waals surface area contributed by atoms with E-state index in [1.807, 2.05) is 24.3 Å². The van der Waals surface area contributed by atoms with Crippen molar-refractivity contribution < 1.29 is 13.2 Å². The molecule has 1 fully saturated rings. The van der Waals surface area contributed by atoms with Crippen LogP contribution >= 0.6 is 11.6 Å². The highest BCUT2D eigenvalue weighted by molar-refractivity contribution is 7.89. The molecule has 7 nitrogen and oxygen atoms in total. The SMILES string of the molecule is CNC(=O)N1CCc2cc(S(=O)(=O)N3CCN(c4cccc(Cl)c4)CC3)ccc21. The summed E-state index contributed by atoms with van der Waals surface area (Å²) >= 11 is 6.07. The standard InChI is InChI=1S/C20H23ClN4O3S/c1-22-20(26)25-8-7-15-13-18(5-6-19(15)25)29(27,28)24-11-9-23(10-12-24)17-4-2-3-16(21)14-17/h2-6,13-14H,7-12H2,1H3,(H,22,26). The zero-order chi connectivity index (χ0) is 20.6. The van der Waals surface area contributed by atoms with E-state index in [0.717, 1.165) is 16.9 Å². The minimum absolute atomic E-state index is 0.184. The number of benzene rings is 2. The second kappa shape index (κ2) is 7.85. The first-order valence-electron chi connectivity index (χ1n) is 9.53. The zero-order valence-electron chi connectivity index (χ0n) is 16.1. The molecule has 0 saturated carbocycles. The highest BCUT2D eigenvalue weighted by Crippen LogP contribution is 2.31. The number of nitrogens with one attached hydrogen (secondary N) is 1. The Morgan fingerprint density at radius 3 is 2.48 bits per heavy atom. The van der Waals surface area contributed by atoms with Gasteiger partial charge in [-0.05, 0) is 48.4 Å². The van der Waals surface area contributed by atoms with E-state index in [1.165, 1.54) is 4.31 Å². The first-order chi connectivity index (χ1) is 13.9. The van der Waals surface area contributed by atoms with E-state index >= 15 is 0 Å². The van der Waals surface area contributed by atoms with Crippen LogP contribution in [0.1, 0.15) is 5.56 Å². The summed E-state index contributed by atoms with van der Waals surface area (Å²) in [4.78, 5) is 16.0. The molecule has 1 saturated heterocycles. The maximum Gasteiger partial charge on any atom is 0.321 e. The molecule has 2 amide bonds. The maximum atomic E-state index is 13.1. The molecular weight excluding hydrogens is 412 g/mol. The third-order valence-electron chi connectivity index (χ3n) is 5.46. The lowest BCUT2D eigenvalue weighted by molar-refractivity contribution is 0.248. The fraction of sp³-hybridized carbons (Fsp3) is 0.350. The van der Waals surface area contributed by atoms with Crippen molar-refractivity contribution in [2.75, 3.05) is 49.6 Å². The molecule has 0 spiro atoms. The molecule has 2 aliphatic rings. The second-order valence-electron chi connectivity index (χ2n) is 7.12. The summed E-state index contributed by atoms with van der Waals surface area (Å²) in [5.41, 5.74) is 2.66. The van der Waals surface area contributed by atoms with Gasteiger partial charge in [0, 0.05) is 56.2 Å². The van der Waals surface area contributed by atoms with Gasteiger partial charge in [-0.1, -0.05) is 17.7 Å². The molecule has 0 bridgehead atoms. The van der Waals surface area contributed by atoms with Gasteiger partial charge >= 0.3 is 6.03 Å². The van der Waals surface area contributed by atoms with E-state index in [9.17, 15) is 13.2 Å². The van der Waals surface area contributed by atoms with Gasteiger partial charge in [0.25, 0.3) is 0 Å². The number of sulfonamides is 1. The number of anilines is 2. The Balaban J connectivity index is 1.49. The lowest BCUT2D eigenvalue weighted by atomic mass is 10.2. The minimum Gasteiger partial charge on any atom is -0.369 e. The van der Waals surface area contributed by atoms with Crippen molar-refractivity contribution in [1.29, 1.82) is 0 Å². The molecule has 0 atom stereocenters. The van der Waals surface area contributed by atoms with Crippen LogP contribution in [0, 0.1) is 0 Å². The molecule has 0 aliphatic carbocycles. The summed E-state index contributed by atoms with van der Waals surface area (Å²) in [7, 11) is -1.99. The first kappa shape index (κ1) is 20.0. The summed E-state index contributed by atoms with van der Waals surface area (Å²) in [5.74, 6) is 0. The van der Waals surface area contributed by atoms with Gasteiger partial charge in [-0.2, -0.15) is 4.31 Å². The number of fused-ring (bicyclic) bond motifs is 1. The summed E-state index contributed by atoms with van der Waals surface area (Å²) in [6.45, 7) is 2.59. The van der Waals surface area contributed by atoms with Crippen molar-refractivity contribution in [2.45, 2.75) is 11.3 Å². The number of hydrogen-bond acceptors (Lipinski definition) is 4. The number of halogens is 1. The predicted octanol–water partition coefficient (Wildman–Crippen LogP) is 2.55. The number of urea groups is 1. The lowest BCUT2D eigenvalue weighted by Crippen LogP contribution is -2.48. The summed E-state index contributed by atoms with van der Waals surface area (Å²) in [5, 5.41) is 3.28. The largest absolute Gasteiger partial charge is 0.369 e. The van der Waals surface area contributed by atoms with Crippen molar-refractivity contribution in [3.63, 3.8) is 0 Å². The van der Waals surface area contributed by atoms with Crippen LogP contribution in [0.4, 0.5) is 16.2 Å². The molecule has 1 N–H and O–H groups in total. The highest BCUT2D eigenvalue weighted by Gasteiger charge is 2.31. The van der Waals surface area contributed by atoms with Crippen LogP contribution in [-0.2, 0) is 16.4 Å². The normalized spacial score (nSPS) is 17.3. The van der Waals surface area contributed by atoms with E-state index in [0.29, 0.717) is 44.2 Å². The molecule has 2 aromatic carbocycles. The van der Waals surface area contributed by atoms with Gasteiger partial charge in [-0.3, -0.25) is 4.90 Å².